The summed E-state index contributed by atoms with van der Waals surface area (Å²) in [5.74, 6) is -4.79. The van der Waals surface area contributed by atoms with Crippen LogP contribution in [0.5, 0.6) is 0 Å². The summed E-state index contributed by atoms with van der Waals surface area (Å²) in [6.07, 6.45) is 6.14. The lowest BCUT2D eigenvalue weighted by molar-refractivity contribution is -0.149. The fourth-order valence-corrected chi connectivity index (χ4v) is 7.38. The van der Waals surface area contributed by atoms with Crippen molar-refractivity contribution >= 4 is 41.4 Å². The summed E-state index contributed by atoms with van der Waals surface area (Å²) in [6, 6.07) is -5.88. The van der Waals surface area contributed by atoms with Crippen molar-refractivity contribution in [3.05, 3.63) is 0 Å². The topological polar surface area (TPSA) is 229 Å². The zero-order valence-corrected chi connectivity index (χ0v) is 29.3. The molecule has 0 radical (unpaired) electrons. The van der Waals surface area contributed by atoms with Crippen LogP contribution in [0.1, 0.15) is 105 Å². The number of nitrogens with one attached hydrogen (secondary N) is 3. The highest BCUT2D eigenvalue weighted by Gasteiger charge is 2.42. The zero-order valence-electron chi connectivity index (χ0n) is 29.3. The molecule has 1 saturated carbocycles. The summed E-state index contributed by atoms with van der Waals surface area (Å²) in [5.41, 5.74) is 5.29. The number of aliphatic hydroxyl groups is 1. The molecule has 0 aromatic carbocycles. The molecular weight excluding hydrogens is 636 g/mol. The van der Waals surface area contributed by atoms with Gasteiger partial charge in [-0.15, -0.1) is 0 Å². The molecule has 49 heavy (non-hydrogen) atoms. The molecule has 2 saturated heterocycles. The van der Waals surface area contributed by atoms with E-state index in [0.29, 0.717) is 31.6 Å². The number of primary amides is 1. The van der Waals surface area contributed by atoms with Crippen LogP contribution in [0.15, 0.2) is 0 Å². The molecule has 7 N–H and O–H groups in total. The van der Waals surface area contributed by atoms with Crippen molar-refractivity contribution in [2.45, 2.75) is 141 Å². The number of carboxylic acid groups (broad SMARTS) is 1. The smallest absolute Gasteiger partial charge is 0.305 e. The van der Waals surface area contributed by atoms with Crippen molar-refractivity contribution in [2.75, 3.05) is 13.1 Å². The summed E-state index contributed by atoms with van der Waals surface area (Å²) in [6.45, 7) is 7.35. The Labute approximate surface area is 288 Å². The lowest BCUT2D eigenvalue weighted by Gasteiger charge is -2.38. The zero-order chi connectivity index (χ0) is 36.4. The van der Waals surface area contributed by atoms with Gasteiger partial charge in [0, 0.05) is 19.5 Å². The number of likely N-dealkylation sites (tertiary alicyclic amines) is 2. The van der Waals surface area contributed by atoms with Crippen LogP contribution in [-0.2, 0) is 33.6 Å². The van der Waals surface area contributed by atoms with Crippen molar-refractivity contribution in [2.24, 2.45) is 23.5 Å². The maximum atomic E-state index is 14.0. The van der Waals surface area contributed by atoms with E-state index in [0.717, 1.165) is 30.6 Å². The number of carboxylic acids is 1. The molecule has 3 rings (SSSR count). The van der Waals surface area contributed by atoms with Gasteiger partial charge in [-0.05, 0) is 56.8 Å². The van der Waals surface area contributed by atoms with Crippen LogP contribution in [0.25, 0.3) is 0 Å². The van der Waals surface area contributed by atoms with Crippen LogP contribution in [0.2, 0.25) is 0 Å². The van der Waals surface area contributed by atoms with Crippen molar-refractivity contribution < 1.29 is 43.8 Å². The Hall–Kier alpha value is -3.75. The van der Waals surface area contributed by atoms with E-state index in [-0.39, 0.29) is 43.7 Å². The van der Waals surface area contributed by atoms with Gasteiger partial charge in [0.1, 0.15) is 30.2 Å². The van der Waals surface area contributed by atoms with Crippen molar-refractivity contribution in [3.8, 4) is 0 Å². The van der Waals surface area contributed by atoms with Gasteiger partial charge in [-0.3, -0.25) is 33.6 Å². The van der Waals surface area contributed by atoms with E-state index in [2.05, 4.69) is 22.9 Å². The fourth-order valence-electron chi connectivity index (χ4n) is 7.38. The number of carbonyl (C=O) groups is 7. The Bertz CT molecular complexity index is 1220. The van der Waals surface area contributed by atoms with Gasteiger partial charge in [0.15, 0.2) is 0 Å². The van der Waals surface area contributed by atoms with Gasteiger partial charge in [0.05, 0.1) is 12.5 Å². The third-order valence-corrected chi connectivity index (χ3v) is 10.2. The molecule has 15 heteroatoms. The van der Waals surface area contributed by atoms with Crippen LogP contribution in [-0.4, -0.2) is 111 Å². The fraction of sp³-hybridized carbons (Fsp3) is 0.794. The lowest BCUT2D eigenvalue weighted by Crippen LogP contribution is -2.61. The molecule has 276 valence electrons. The van der Waals surface area contributed by atoms with E-state index >= 15 is 0 Å². The molecule has 0 aromatic heterocycles. The number of nitrogens with two attached hydrogens (primary N) is 1. The Morgan fingerprint density at radius 2 is 1.24 bits per heavy atom. The number of piperidine rings is 1. The maximum absolute atomic E-state index is 14.0. The molecule has 0 aromatic rings. The quantitative estimate of drug-likeness (QED) is 0.140. The molecule has 0 unspecified atom stereocenters. The van der Waals surface area contributed by atoms with E-state index in [9.17, 15) is 43.8 Å². The molecule has 1 aliphatic carbocycles. The third-order valence-electron chi connectivity index (χ3n) is 10.2. The third kappa shape index (κ3) is 10.9. The molecule has 3 aliphatic rings. The van der Waals surface area contributed by atoms with E-state index in [1.54, 1.807) is 0 Å². The van der Waals surface area contributed by atoms with Crippen molar-refractivity contribution in [3.63, 3.8) is 0 Å². The number of nitrogens with zero attached hydrogens (tertiary/aromatic N) is 2. The normalized spacial score (nSPS) is 23.1. The second-order valence-electron chi connectivity index (χ2n) is 14.4. The molecule has 3 fully saturated rings. The van der Waals surface area contributed by atoms with Gasteiger partial charge in [0.25, 0.3) is 0 Å². The first-order valence-electron chi connectivity index (χ1n) is 17.8. The van der Waals surface area contributed by atoms with Crippen LogP contribution in [0.3, 0.4) is 0 Å². The van der Waals surface area contributed by atoms with Gasteiger partial charge < -0.3 is 41.7 Å². The maximum Gasteiger partial charge on any atom is 0.305 e. The monoisotopic (exact) mass is 692 g/mol. The Morgan fingerprint density at radius 1 is 0.694 bits per heavy atom. The van der Waals surface area contributed by atoms with E-state index in [1.165, 1.54) is 18.2 Å². The molecule has 2 heterocycles. The number of carbonyl (C=O) groups excluding carboxylic acids is 6. The Kier molecular flexibility index (Phi) is 14.8. The second-order valence-corrected chi connectivity index (χ2v) is 14.4. The number of hydrogen-bond donors (Lipinski definition) is 6. The molecule has 6 amide bonds. The average Bonchev–Trinajstić information content (AvgIpc) is 3.55. The summed E-state index contributed by atoms with van der Waals surface area (Å²) in [4.78, 5) is 93.7. The highest BCUT2D eigenvalue weighted by molar-refractivity contribution is 5.98. The van der Waals surface area contributed by atoms with Crippen LogP contribution >= 0.6 is 0 Å². The number of hydrogen-bond acceptors (Lipinski definition) is 8. The molecule has 2 aliphatic heterocycles. The largest absolute Gasteiger partial charge is 0.481 e. The predicted molar refractivity (Wildman–Crippen MR) is 178 cm³/mol. The lowest BCUT2D eigenvalue weighted by atomic mass is 9.79. The van der Waals surface area contributed by atoms with E-state index in [4.69, 9.17) is 5.73 Å². The van der Waals surface area contributed by atoms with Gasteiger partial charge >= 0.3 is 5.97 Å². The molecular formula is C34H56N6O9. The molecule has 0 bridgehead atoms. The van der Waals surface area contributed by atoms with E-state index < -0.39 is 78.2 Å². The first kappa shape index (κ1) is 39.7. The van der Waals surface area contributed by atoms with Crippen LogP contribution in [0, 0.1) is 17.8 Å². The Balaban J connectivity index is 1.72. The van der Waals surface area contributed by atoms with Crippen molar-refractivity contribution in [1.82, 2.24) is 25.8 Å². The predicted octanol–water partition coefficient (Wildman–Crippen LogP) is 0.416. The highest BCUT2D eigenvalue weighted by Crippen LogP contribution is 2.31. The second kappa shape index (κ2) is 18.3. The SMILES string of the molecule is CC(C)[C@H](NC(=O)C[C@H](C)C1CCCCC1)C(=O)N1CCCC[C@H]1C(=O)N[C@@H](CC(=O)O)C(=O)N1CCC[C@H]1C(=O)N[C@H](C(N)=O)[C@@H](C)O. The summed E-state index contributed by atoms with van der Waals surface area (Å²) in [5, 5.41) is 27.3. The molecule has 7 atom stereocenters. The van der Waals surface area contributed by atoms with E-state index in [1.807, 2.05) is 13.8 Å². The molecule has 0 spiro atoms. The number of amides is 6. The standard InChI is InChI=1S/C34H56N6O9/c1-19(2)28(37-26(42)17-20(3)22-11-6-5-7-12-22)34(49)40-15-9-8-13-24(40)31(46)36-23(18-27(43)44)33(48)39-16-10-14-25(39)32(47)38-29(21(4)41)30(35)45/h19-25,28-29,41H,5-18H2,1-4H3,(H2,35,45)(H,36,46)(H,37,42)(H,38,47)(H,43,44)/t20-,21+,23-,24-,25-,28-,29-/m0/s1. The number of aliphatic hydroxyl groups excluding tert-OH is 1. The first-order chi connectivity index (χ1) is 23.1. The van der Waals surface area contributed by atoms with Crippen LogP contribution < -0.4 is 21.7 Å². The number of rotatable bonds is 15. The average molecular weight is 693 g/mol. The minimum absolute atomic E-state index is 0.0992. The van der Waals surface area contributed by atoms with Crippen LogP contribution in [0.4, 0.5) is 0 Å². The van der Waals surface area contributed by atoms with Gasteiger partial charge in [-0.2, -0.15) is 0 Å². The molecule has 15 nitrogen and oxygen atoms in total. The summed E-state index contributed by atoms with van der Waals surface area (Å²) in [7, 11) is 0. The van der Waals surface area contributed by atoms with Crippen molar-refractivity contribution in [1.29, 1.82) is 0 Å². The van der Waals surface area contributed by atoms with Gasteiger partial charge in [0.2, 0.25) is 35.4 Å². The summed E-state index contributed by atoms with van der Waals surface area (Å²) >= 11 is 0. The first-order valence-corrected chi connectivity index (χ1v) is 17.8. The van der Waals surface area contributed by atoms with Gasteiger partial charge in [-0.1, -0.05) is 52.9 Å². The highest BCUT2D eigenvalue weighted by atomic mass is 16.4. The minimum atomic E-state index is -1.54. The summed E-state index contributed by atoms with van der Waals surface area (Å²) < 4.78 is 0. The van der Waals surface area contributed by atoms with Gasteiger partial charge in [-0.25, -0.2) is 0 Å². The Morgan fingerprint density at radius 3 is 1.82 bits per heavy atom. The number of aliphatic carboxylic acids is 1. The minimum Gasteiger partial charge on any atom is -0.481 e.